The number of hydrogen-bond acceptors (Lipinski definition) is 6. The monoisotopic (exact) mass is 501 g/mol. The molecule has 1 amide bonds. The summed E-state index contributed by atoms with van der Waals surface area (Å²) in [6.07, 6.45) is 5.96. The normalized spacial score (nSPS) is 18.5. The first kappa shape index (κ1) is 27.8. The van der Waals surface area contributed by atoms with E-state index in [0.29, 0.717) is 26.1 Å². The molecule has 0 saturated carbocycles. The second-order valence-electron chi connectivity index (χ2n) is 9.49. The van der Waals surface area contributed by atoms with Gasteiger partial charge in [-0.25, -0.2) is 21.6 Å². The SMILES string of the molecule is CC(C)CC(CN1CCC[C@H]1C(=O)NCCCCc1ccccc1)NS(=O)(=O)CS(C)(=O)=O. The lowest BCUT2D eigenvalue weighted by Gasteiger charge is -2.29. The Balaban J connectivity index is 1.86. The van der Waals surface area contributed by atoms with E-state index in [9.17, 15) is 21.6 Å². The van der Waals surface area contributed by atoms with Crippen molar-refractivity contribution in [3.8, 4) is 0 Å². The zero-order chi connectivity index (χ0) is 24.5. The number of likely N-dealkylation sites (tertiary alicyclic amines) is 1. The van der Waals surface area contributed by atoms with Crippen molar-refractivity contribution in [3.05, 3.63) is 35.9 Å². The molecule has 0 bridgehead atoms. The number of nitrogens with one attached hydrogen (secondary N) is 2. The van der Waals surface area contributed by atoms with Gasteiger partial charge in [0.1, 0.15) is 0 Å². The Labute approximate surface area is 199 Å². The Morgan fingerprint density at radius 1 is 1.12 bits per heavy atom. The lowest BCUT2D eigenvalue weighted by Crippen LogP contribution is -2.50. The number of nitrogens with zero attached hydrogens (tertiary/aromatic N) is 1. The van der Waals surface area contributed by atoms with E-state index >= 15 is 0 Å². The predicted octanol–water partition coefficient (Wildman–Crippen LogP) is 1.93. The number of rotatable bonds is 14. The van der Waals surface area contributed by atoms with Crippen LogP contribution < -0.4 is 10.0 Å². The van der Waals surface area contributed by atoms with E-state index in [1.807, 2.05) is 36.9 Å². The van der Waals surface area contributed by atoms with Crippen LogP contribution in [0.1, 0.15) is 51.5 Å². The molecule has 1 fully saturated rings. The first-order valence-electron chi connectivity index (χ1n) is 11.7. The molecule has 2 rings (SSSR count). The van der Waals surface area contributed by atoms with Crippen LogP contribution in [-0.2, 0) is 31.1 Å². The topological polar surface area (TPSA) is 113 Å². The first-order chi connectivity index (χ1) is 15.5. The van der Waals surface area contributed by atoms with Crippen molar-refractivity contribution in [3.63, 3.8) is 0 Å². The molecule has 1 unspecified atom stereocenters. The molecule has 1 saturated heterocycles. The maximum absolute atomic E-state index is 12.8. The average Bonchev–Trinajstić information content (AvgIpc) is 3.13. The number of benzene rings is 1. The van der Waals surface area contributed by atoms with Crippen molar-refractivity contribution in [2.45, 2.75) is 64.5 Å². The number of hydrogen-bond donors (Lipinski definition) is 2. The van der Waals surface area contributed by atoms with E-state index in [1.165, 1.54) is 5.56 Å². The molecule has 0 radical (unpaired) electrons. The number of carbonyl (C=O) groups is 1. The third-order valence-electron chi connectivity index (χ3n) is 5.63. The molecule has 10 heteroatoms. The van der Waals surface area contributed by atoms with Crippen LogP contribution in [0, 0.1) is 5.92 Å². The molecule has 1 aliphatic rings. The number of sulfonamides is 1. The summed E-state index contributed by atoms with van der Waals surface area (Å²) < 4.78 is 50.2. The molecular formula is C23H39N3O5S2. The molecule has 1 aliphatic heterocycles. The van der Waals surface area contributed by atoms with Crippen LogP contribution in [0.15, 0.2) is 30.3 Å². The summed E-state index contributed by atoms with van der Waals surface area (Å²) in [7, 11) is -7.64. The van der Waals surface area contributed by atoms with Crippen LogP contribution in [0.5, 0.6) is 0 Å². The number of amides is 1. The van der Waals surface area contributed by atoms with Crippen LogP contribution in [-0.4, -0.2) is 70.7 Å². The van der Waals surface area contributed by atoms with Crippen molar-refractivity contribution in [1.82, 2.24) is 14.9 Å². The minimum Gasteiger partial charge on any atom is -0.355 e. The minimum absolute atomic E-state index is 0.0190. The van der Waals surface area contributed by atoms with Crippen LogP contribution in [0.25, 0.3) is 0 Å². The van der Waals surface area contributed by atoms with Crippen LogP contribution in [0.2, 0.25) is 0 Å². The van der Waals surface area contributed by atoms with Gasteiger partial charge in [0.25, 0.3) is 0 Å². The van der Waals surface area contributed by atoms with Gasteiger partial charge in [0.05, 0.1) is 6.04 Å². The molecule has 8 nitrogen and oxygen atoms in total. The quantitative estimate of drug-likeness (QED) is 0.377. The van der Waals surface area contributed by atoms with Crippen molar-refractivity contribution in [2.75, 3.05) is 31.0 Å². The van der Waals surface area contributed by atoms with Gasteiger partial charge >= 0.3 is 0 Å². The second-order valence-corrected chi connectivity index (χ2v) is 13.7. The molecule has 188 valence electrons. The standard InChI is InChI=1S/C23H39N3O5S2/c1-19(2)16-21(25-33(30,31)18-32(3,28)29)17-26-15-9-13-22(26)23(27)24-14-8-7-12-20-10-5-4-6-11-20/h4-6,10-11,19,21-22,25H,7-9,12-18H2,1-3H3,(H,24,27)/t21?,22-/m0/s1. The fourth-order valence-corrected chi connectivity index (χ4v) is 7.56. The van der Waals surface area contributed by atoms with E-state index in [2.05, 4.69) is 22.2 Å². The lowest BCUT2D eigenvalue weighted by molar-refractivity contribution is -0.125. The van der Waals surface area contributed by atoms with Crippen molar-refractivity contribution in [2.24, 2.45) is 5.92 Å². The summed E-state index contributed by atoms with van der Waals surface area (Å²) in [5, 5.41) is 2.11. The Bertz CT molecular complexity index is 950. The average molecular weight is 502 g/mol. The lowest BCUT2D eigenvalue weighted by atomic mass is 10.0. The highest BCUT2D eigenvalue weighted by molar-refractivity contribution is 8.06. The molecule has 0 spiro atoms. The number of aryl methyl sites for hydroxylation is 1. The van der Waals surface area contributed by atoms with Gasteiger partial charge in [-0.1, -0.05) is 44.2 Å². The fourth-order valence-electron chi connectivity index (χ4n) is 4.35. The summed E-state index contributed by atoms with van der Waals surface area (Å²) in [5.74, 6) is 0.199. The van der Waals surface area contributed by atoms with Gasteiger partial charge in [-0.15, -0.1) is 0 Å². The number of unbranched alkanes of at least 4 members (excludes halogenated alkanes) is 1. The highest BCUT2D eigenvalue weighted by Crippen LogP contribution is 2.20. The van der Waals surface area contributed by atoms with Crippen LogP contribution in [0.3, 0.4) is 0 Å². The second kappa shape index (κ2) is 12.8. The summed E-state index contributed by atoms with van der Waals surface area (Å²) in [4.78, 5) is 14.8. The maximum atomic E-state index is 12.8. The Hall–Kier alpha value is -1.49. The van der Waals surface area contributed by atoms with Gasteiger partial charge < -0.3 is 5.32 Å². The largest absolute Gasteiger partial charge is 0.355 e. The van der Waals surface area contributed by atoms with Crippen molar-refractivity contribution in [1.29, 1.82) is 0 Å². The van der Waals surface area contributed by atoms with Crippen LogP contribution in [0.4, 0.5) is 0 Å². The van der Waals surface area contributed by atoms with Gasteiger partial charge in [-0.2, -0.15) is 0 Å². The van der Waals surface area contributed by atoms with E-state index in [4.69, 9.17) is 0 Å². The Morgan fingerprint density at radius 3 is 2.45 bits per heavy atom. The van der Waals surface area contributed by atoms with Crippen LogP contribution >= 0.6 is 0 Å². The molecule has 0 aromatic heterocycles. The minimum atomic E-state index is -3.97. The summed E-state index contributed by atoms with van der Waals surface area (Å²) >= 11 is 0. The highest BCUT2D eigenvalue weighted by Gasteiger charge is 2.33. The van der Waals surface area contributed by atoms with Gasteiger partial charge in [-0.05, 0) is 56.6 Å². The molecule has 33 heavy (non-hydrogen) atoms. The molecule has 1 heterocycles. The molecule has 1 aromatic carbocycles. The Morgan fingerprint density at radius 2 is 1.82 bits per heavy atom. The molecule has 1 aromatic rings. The van der Waals surface area contributed by atoms with Gasteiger partial charge in [0.15, 0.2) is 14.9 Å². The molecule has 2 atom stereocenters. The molecular weight excluding hydrogens is 462 g/mol. The van der Waals surface area contributed by atoms with Gasteiger partial charge in [0.2, 0.25) is 15.9 Å². The third kappa shape index (κ3) is 11.0. The fraction of sp³-hybridized carbons (Fsp3) is 0.696. The van der Waals surface area contributed by atoms with Crippen molar-refractivity contribution < 1.29 is 21.6 Å². The zero-order valence-electron chi connectivity index (χ0n) is 20.0. The van der Waals surface area contributed by atoms with E-state index in [0.717, 1.165) is 38.4 Å². The van der Waals surface area contributed by atoms with E-state index < -0.39 is 31.0 Å². The van der Waals surface area contributed by atoms with Gasteiger partial charge in [0, 0.05) is 25.4 Å². The predicted molar refractivity (Wildman–Crippen MR) is 132 cm³/mol. The Kier molecular flexibility index (Phi) is 10.8. The molecule has 0 aliphatic carbocycles. The highest BCUT2D eigenvalue weighted by atomic mass is 32.3. The summed E-state index contributed by atoms with van der Waals surface area (Å²) in [6, 6.07) is 9.53. The third-order valence-corrected chi connectivity index (χ3v) is 9.27. The van der Waals surface area contributed by atoms with Gasteiger partial charge in [-0.3, -0.25) is 9.69 Å². The van der Waals surface area contributed by atoms with Crippen molar-refractivity contribution >= 4 is 25.8 Å². The summed E-state index contributed by atoms with van der Waals surface area (Å²) in [6.45, 7) is 5.69. The molecule has 2 N–H and O–H groups in total. The maximum Gasteiger partial charge on any atom is 0.237 e. The number of sulfone groups is 1. The summed E-state index contributed by atoms with van der Waals surface area (Å²) in [5.41, 5.74) is 1.29. The smallest absolute Gasteiger partial charge is 0.237 e. The van der Waals surface area contributed by atoms with E-state index in [-0.39, 0.29) is 17.9 Å². The number of carbonyl (C=O) groups excluding carboxylic acids is 1. The van der Waals surface area contributed by atoms with E-state index in [1.54, 1.807) is 0 Å². The zero-order valence-corrected chi connectivity index (χ0v) is 21.6. The first-order valence-corrected chi connectivity index (χ1v) is 15.4.